The van der Waals surface area contributed by atoms with Crippen molar-refractivity contribution in [3.63, 3.8) is 0 Å². The minimum Gasteiger partial charge on any atom is -0.465 e. The highest BCUT2D eigenvalue weighted by molar-refractivity contribution is 5.49. The number of hydrogen-bond acceptors (Lipinski definition) is 7. The van der Waals surface area contributed by atoms with Gasteiger partial charge in [-0.3, -0.25) is 4.90 Å². The van der Waals surface area contributed by atoms with Crippen molar-refractivity contribution in [1.82, 2.24) is 4.90 Å². The first kappa shape index (κ1) is 29.3. The lowest BCUT2D eigenvalue weighted by Crippen LogP contribution is -2.70. The average molecular weight is 603 g/mol. The Labute approximate surface area is 251 Å². The molecule has 0 amide bonds. The van der Waals surface area contributed by atoms with Gasteiger partial charge in [-0.15, -0.1) is 0 Å². The summed E-state index contributed by atoms with van der Waals surface area (Å²) in [5.74, 6) is 1.05. The summed E-state index contributed by atoms with van der Waals surface area (Å²) in [6.45, 7) is 10.1. The van der Waals surface area contributed by atoms with Gasteiger partial charge in [0, 0.05) is 56.7 Å². The third kappa shape index (κ3) is 5.33. The summed E-state index contributed by atoms with van der Waals surface area (Å²) in [5, 5.41) is 0. The van der Waals surface area contributed by atoms with Gasteiger partial charge in [0.15, 0.2) is 11.9 Å². The van der Waals surface area contributed by atoms with E-state index in [0.717, 1.165) is 62.7 Å². The van der Waals surface area contributed by atoms with Crippen LogP contribution in [0.15, 0.2) is 48.5 Å². The number of piperazine rings is 1. The topological polar surface area (TPSA) is 52.6 Å². The molecule has 2 aromatic rings. The first-order chi connectivity index (χ1) is 20.5. The van der Waals surface area contributed by atoms with Crippen LogP contribution in [0.4, 0.5) is 18.9 Å². The van der Waals surface area contributed by atoms with Crippen LogP contribution in [0.2, 0.25) is 0 Å². The minimum atomic E-state index is -4.33. The van der Waals surface area contributed by atoms with Crippen molar-refractivity contribution in [2.45, 2.75) is 83.1 Å². The number of ether oxygens (including phenoxy) is 3. The van der Waals surface area contributed by atoms with E-state index >= 15 is 0 Å². The van der Waals surface area contributed by atoms with Gasteiger partial charge in [-0.2, -0.15) is 13.2 Å². The Morgan fingerprint density at radius 2 is 1.70 bits per heavy atom. The minimum absolute atomic E-state index is 0.0914. The molecule has 5 aliphatic heterocycles. The van der Waals surface area contributed by atoms with Gasteiger partial charge in [0.1, 0.15) is 5.75 Å². The molecule has 43 heavy (non-hydrogen) atoms. The molecular formula is C33H41F3N2O5. The predicted molar refractivity (Wildman–Crippen MR) is 153 cm³/mol. The summed E-state index contributed by atoms with van der Waals surface area (Å²) in [4.78, 5) is 16.5. The molecule has 1 spiro atoms. The van der Waals surface area contributed by atoms with Crippen molar-refractivity contribution in [3.8, 4) is 5.75 Å². The quantitative estimate of drug-likeness (QED) is 0.357. The van der Waals surface area contributed by atoms with Crippen LogP contribution in [0.3, 0.4) is 0 Å². The number of benzene rings is 2. The second-order valence-electron chi connectivity index (χ2n) is 13.3. The van der Waals surface area contributed by atoms with Gasteiger partial charge in [0.05, 0.1) is 5.56 Å². The van der Waals surface area contributed by atoms with Crippen molar-refractivity contribution in [3.05, 3.63) is 59.7 Å². The highest BCUT2D eigenvalue weighted by atomic mass is 19.4. The Kier molecular flexibility index (Phi) is 7.44. The third-order valence-corrected chi connectivity index (χ3v) is 10.6. The molecular weight excluding hydrogens is 561 g/mol. The fraction of sp³-hybridized carbons (Fsp3) is 0.636. The molecule has 5 saturated heterocycles. The van der Waals surface area contributed by atoms with E-state index in [1.54, 1.807) is 6.07 Å². The number of anilines is 1. The molecule has 10 heteroatoms. The maximum absolute atomic E-state index is 13.1. The fourth-order valence-electron chi connectivity index (χ4n) is 8.12. The maximum atomic E-state index is 13.1. The van der Waals surface area contributed by atoms with Gasteiger partial charge in [-0.05, 0) is 73.9 Å². The Bertz CT molecular complexity index is 1300. The third-order valence-electron chi connectivity index (χ3n) is 10.6. The molecule has 8 rings (SSSR count). The monoisotopic (exact) mass is 602 g/mol. The van der Waals surface area contributed by atoms with E-state index in [0.29, 0.717) is 30.6 Å². The summed E-state index contributed by atoms with van der Waals surface area (Å²) < 4.78 is 58.9. The summed E-state index contributed by atoms with van der Waals surface area (Å²) in [6, 6.07) is 13.7. The maximum Gasteiger partial charge on any atom is 0.416 e. The van der Waals surface area contributed by atoms with Crippen molar-refractivity contribution in [2.24, 2.45) is 23.7 Å². The molecule has 2 bridgehead atoms. The number of rotatable bonds is 5. The molecule has 0 unspecified atom stereocenters. The van der Waals surface area contributed by atoms with Crippen molar-refractivity contribution < 1.29 is 37.2 Å². The summed E-state index contributed by atoms with van der Waals surface area (Å²) in [5.41, 5.74) is 0.561. The summed E-state index contributed by atoms with van der Waals surface area (Å²) in [7, 11) is 0. The first-order valence-corrected chi connectivity index (χ1v) is 15.6. The molecule has 1 aliphatic carbocycles. The normalized spacial score (nSPS) is 38.0. The number of nitrogens with zero attached hydrogens (tertiary/aromatic N) is 2. The van der Waals surface area contributed by atoms with E-state index in [-0.39, 0.29) is 11.8 Å². The molecule has 1 saturated carbocycles. The zero-order chi connectivity index (χ0) is 30.0. The van der Waals surface area contributed by atoms with Crippen LogP contribution in [-0.4, -0.2) is 55.0 Å². The number of hydrogen-bond donors (Lipinski definition) is 0. The van der Waals surface area contributed by atoms with Gasteiger partial charge >= 0.3 is 6.18 Å². The first-order valence-electron chi connectivity index (χ1n) is 15.6. The molecule has 0 N–H and O–H groups in total. The molecule has 2 aromatic carbocycles. The Morgan fingerprint density at radius 3 is 2.44 bits per heavy atom. The van der Waals surface area contributed by atoms with Crippen LogP contribution in [0.5, 0.6) is 5.75 Å². The van der Waals surface area contributed by atoms with E-state index in [2.05, 4.69) is 30.9 Å². The molecule has 8 atom stereocenters. The van der Waals surface area contributed by atoms with Crippen LogP contribution < -0.4 is 9.64 Å². The van der Waals surface area contributed by atoms with Crippen LogP contribution >= 0.6 is 0 Å². The molecule has 7 nitrogen and oxygen atoms in total. The van der Waals surface area contributed by atoms with Crippen LogP contribution in [0.1, 0.15) is 57.6 Å². The molecule has 234 valence electrons. The van der Waals surface area contributed by atoms with Crippen molar-refractivity contribution >= 4 is 5.69 Å². The van der Waals surface area contributed by atoms with E-state index in [1.165, 1.54) is 12.1 Å². The smallest absolute Gasteiger partial charge is 0.416 e. The van der Waals surface area contributed by atoms with Gasteiger partial charge < -0.3 is 19.1 Å². The van der Waals surface area contributed by atoms with Crippen LogP contribution in [-0.2, 0) is 32.0 Å². The Hall–Kier alpha value is -2.37. The lowest BCUT2D eigenvalue weighted by Gasteiger charge is -2.60. The lowest BCUT2D eigenvalue weighted by atomic mass is 9.58. The van der Waals surface area contributed by atoms with Gasteiger partial charge in [-0.25, -0.2) is 9.78 Å². The molecule has 0 radical (unpaired) electrons. The number of alkyl halides is 3. The zero-order valence-electron chi connectivity index (χ0n) is 25.0. The molecule has 0 aromatic heterocycles. The van der Waals surface area contributed by atoms with E-state index in [9.17, 15) is 13.2 Å². The SMILES string of the molecule is C[C@H]1[C@@H](Oc2ccc(CN3CCN(c4cccc(C(F)(F)F)c4)CC3)cc2)O[C@@H]2O[C@@]3(C)CC[C@H]4[C@H](C)CC[C@@H]1[C@@]24OO3. The highest BCUT2D eigenvalue weighted by Gasteiger charge is 2.69. The van der Waals surface area contributed by atoms with Crippen LogP contribution in [0.25, 0.3) is 0 Å². The largest absolute Gasteiger partial charge is 0.465 e. The Balaban J connectivity index is 0.972. The second kappa shape index (κ2) is 10.9. The highest BCUT2D eigenvalue weighted by Crippen LogP contribution is 2.60. The lowest BCUT2D eigenvalue weighted by molar-refractivity contribution is -0.575. The van der Waals surface area contributed by atoms with Gasteiger partial charge in [0.25, 0.3) is 0 Å². The number of fused-ring (bicyclic) bond motifs is 2. The van der Waals surface area contributed by atoms with E-state index in [1.807, 2.05) is 24.0 Å². The van der Waals surface area contributed by atoms with Crippen molar-refractivity contribution in [2.75, 3.05) is 31.1 Å². The molecule has 5 heterocycles. The summed E-state index contributed by atoms with van der Waals surface area (Å²) >= 11 is 0. The number of halogens is 3. The fourth-order valence-corrected chi connectivity index (χ4v) is 8.12. The van der Waals surface area contributed by atoms with Gasteiger partial charge in [-0.1, -0.05) is 32.0 Å². The van der Waals surface area contributed by atoms with E-state index in [4.69, 9.17) is 24.0 Å². The van der Waals surface area contributed by atoms with Crippen molar-refractivity contribution in [1.29, 1.82) is 0 Å². The second-order valence-corrected chi connectivity index (χ2v) is 13.3. The molecule has 6 aliphatic rings. The standard InChI is InChI=1S/C33H41F3N2O5/c1-21-7-12-28-22(2)29(40-30-32(28)27(21)13-14-31(3,41-30)42-43-32)39-26-10-8-23(9-11-26)20-37-15-17-38(18-16-37)25-6-4-5-24(19-25)33(34,35)36/h4-6,8-11,19,21-22,27-30H,7,12-18,20H2,1-3H3/t21-,22-,27+,28+,29+,30-,31-,32-/m1/s1. The molecule has 6 fully saturated rings. The Morgan fingerprint density at radius 1 is 0.930 bits per heavy atom. The zero-order valence-corrected chi connectivity index (χ0v) is 25.0. The summed E-state index contributed by atoms with van der Waals surface area (Å²) in [6.07, 6.45) is -1.41. The van der Waals surface area contributed by atoms with Crippen LogP contribution in [0, 0.1) is 23.7 Å². The van der Waals surface area contributed by atoms with Gasteiger partial charge in [0.2, 0.25) is 12.1 Å². The predicted octanol–water partition coefficient (Wildman–Crippen LogP) is 6.61. The average Bonchev–Trinajstić information content (AvgIpc) is 3.22. The van der Waals surface area contributed by atoms with E-state index < -0.39 is 35.7 Å².